The fourth-order valence-electron chi connectivity index (χ4n) is 4.21. The van der Waals surface area contributed by atoms with Crippen molar-refractivity contribution in [3.8, 4) is 5.75 Å². The molecular formula is C23H33N5O3S. The number of piperidine rings is 1. The van der Waals surface area contributed by atoms with Crippen LogP contribution in [0.15, 0.2) is 36.7 Å². The molecule has 174 valence electrons. The number of anilines is 1. The monoisotopic (exact) mass is 459 g/mol. The first-order valence-corrected chi connectivity index (χ1v) is 13.2. The fourth-order valence-corrected chi connectivity index (χ4v) is 5.04. The Hall–Kier alpha value is -2.23. The molecule has 4 rings (SSSR count). The lowest BCUT2D eigenvalue weighted by Gasteiger charge is -2.33. The van der Waals surface area contributed by atoms with Gasteiger partial charge in [-0.1, -0.05) is 19.1 Å². The van der Waals surface area contributed by atoms with Crippen molar-refractivity contribution in [3.63, 3.8) is 0 Å². The first-order valence-electron chi connectivity index (χ1n) is 11.4. The van der Waals surface area contributed by atoms with E-state index in [1.165, 1.54) is 11.8 Å². The molecule has 2 saturated heterocycles. The van der Waals surface area contributed by atoms with Gasteiger partial charge in [-0.3, -0.25) is 4.90 Å². The molecule has 0 aliphatic carbocycles. The Morgan fingerprint density at radius 2 is 1.56 bits per heavy atom. The van der Waals surface area contributed by atoms with Gasteiger partial charge in [0.15, 0.2) is 0 Å². The molecule has 1 aromatic heterocycles. The highest BCUT2D eigenvalue weighted by Crippen LogP contribution is 2.22. The average molecular weight is 460 g/mol. The normalized spacial score (nSPS) is 19.2. The van der Waals surface area contributed by atoms with Crippen molar-refractivity contribution in [3.05, 3.63) is 47.8 Å². The van der Waals surface area contributed by atoms with Gasteiger partial charge >= 0.3 is 0 Å². The maximum absolute atomic E-state index is 11.7. The third-order valence-corrected chi connectivity index (χ3v) is 7.56. The summed E-state index contributed by atoms with van der Waals surface area (Å²) in [6.07, 6.45) is 8.17. The van der Waals surface area contributed by atoms with Gasteiger partial charge in [0.05, 0.1) is 6.26 Å². The minimum Gasteiger partial charge on any atom is -0.490 e. The Kier molecular flexibility index (Phi) is 7.27. The summed E-state index contributed by atoms with van der Waals surface area (Å²) >= 11 is 0. The summed E-state index contributed by atoms with van der Waals surface area (Å²) in [6.45, 7) is 7.37. The van der Waals surface area contributed by atoms with E-state index < -0.39 is 10.0 Å². The van der Waals surface area contributed by atoms with E-state index in [0.29, 0.717) is 13.1 Å². The van der Waals surface area contributed by atoms with Crippen molar-refractivity contribution in [2.75, 3.05) is 50.4 Å². The molecular weight excluding hydrogens is 426 g/mol. The van der Waals surface area contributed by atoms with Crippen molar-refractivity contribution < 1.29 is 13.2 Å². The first-order chi connectivity index (χ1) is 15.4. The van der Waals surface area contributed by atoms with Crippen LogP contribution in [-0.4, -0.2) is 79.2 Å². The first kappa shape index (κ1) is 22.9. The highest BCUT2D eigenvalue weighted by atomic mass is 32.2. The molecule has 8 nitrogen and oxygen atoms in total. The number of hydrogen-bond acceptors (Lipinski definition) is 7. The van der Waals surface area contributed by atoms with Crippen molar-refractivity contribution in [2.24, 2.45) is 0 Å². The number of piperazine rings is 1. The van der Waals surface area contributed by atoms with Crippen LogP contribution in [0.4, 0.5) is 5.95 Å². The predicted molar refractivity (Wildman–Crippen MR) is 125 cm³/mol. The summed E-state index contributed by atoms with van der Waals surface area (Å²) in [6, 6.07) is 8.30. The maximum Gasteiger partial charge on any atom is 0.225 e. The van der Waals surface area contributed by atoms with Gasteiger partial charge in [0, 0.05) is 71.0 Å². The fraction of sp³-hybridized carbons (Fsp3) is 0.565. The summed E-state index contributed by atoms with van der Waals surface area (Å²) in [5.41, 5.74) is 2.37. The molecule has 2 aliphatic rings. The lowest BCUT2D eigenvalue weighted by atomic mass is 10.1. The molecule has 32 heavy (non-hydrogen) atoms. The van der Waals surface area contributed by atoms with Crippen LogP contribution in [0.1, 0.15) is 30.9 Å². The van der Waals surface area contributed by atoms with Crippen molar-refractivity contribution in [2.45, 2.75) is 38.8 Å². The quantitative estimate of drug-likeness (QED) is 0.628. The van der Waals surface area contributed by atoms with E-state index in [-0.39, 0.29) is 6.10 Å². The molecule has 0 unspecified atom stereocenters. The van der Waals surface area contributed by atoms with Crippen LogP contribution >= 0.6 is 0 Å². The maximum atomic E-state index is 11.7. The standard InChI is InChI=1S/C23H33N5O3S/c1-3-19-16-24-23(25-17-19)27-10-8-22(9-11-27)31-21-6-4-20(5-7-21)18-26-12-14-28(15-13-26)32(2,29)30/h4-7,16-17,22H,3,8-15,18H2,1-2H3. The highest BCUT2D eigenvalue weighted by molar-refractivity contribution is 7.88. The van der Waals surface area contributed by atoms with Crippen LogP contribution in [0.3, 0.4) is 0 Å². The second-order valence-electron chi connectivity index (χ2n) is 8.63. The zero-order chi connectivity index (χ0) is 22.6. The number of hydrogen-bond donors (Lipinski definition) is 0. The Balaban J connectivity index is 1.22. The highest BCUT2D eigenvalue weighted by Gasteiger charge is 2.24. The number of sulfonamides is 1. The van der Waals surface area contributed by atoms with E-state index in [9.17, 15) is 8.42 Å². The second kappa shape index (κ2) is 10.1. The van der Waals surface area contributed by atoms with Crippen molar-refractivity contribution >= 4 is 16.0 Å². The molecule has 0 bridgehead atoms. The largest absolute Gasteiger partial charge is 0.490 e. The third-order valence-electron chi connectivity index (χ3n) is 6.26. The Morgan fingerprint density at radius 1 is 0.938 bits per heavy atom. The van der Waals surface area contributed by atoms with E-state index in [1.54, 1.807) is 4.31 Å². The van der Waals surface area contributed by atoms with Gasteiger partial charge in [0.25, 0.3) is 0 Å². The van der Waals surface area contributed by atoms with Crippen LogP contribution in [-0.2, 0) is 23.0 Å². The molecule has 0 N–H and O–H groups in total. The van der Waals surface area contributed by atoms with Crippen LogP contribution in [0.5, 0.6) is 5.75 Å². The lowest BCUT2D eigenvalue weighted by molar-refractivity contribution is 0.170. The van der Waals surface area contributed by atoms with Crippen LogP contribution in [0, 0.1) is 0 Å². The van der Waals surface area contributed by atoms with Crippen molar-refractivity contribution in [1.29, 1.82) is 0 Å². The van der Waals surface area contributed by atoms with E-state index in [1.807, 2.05) is 24.5 Å². The van der Waals surface area contributed by atoms with Gasteiger partial charge in [0.1, 0.15) is 11.9 Å². The Labute approximate surface area is 191 Å². The number of rotatable bonds is 7. The second-order valence-corrected chi connectivity index (χ2v) is 10.6. The smallest absolute Gasteiger partial charge is 0.225 e. The number of nitrogens with zero attached hydrogens (tertiary/aromatic N) is 5. The van der Waals surface area contributed by atoms with Gasteiger partial charge in [-0.2, -0.15) is 4.31 Å². The Bertz CT molecular complexity index is 966. The third kappa shape index (κ3) is 5.96. The van der Waals surface area contributed by atoms with E-state index in [0.717, 1.165) is 69.2 Å². The van der Waals surface area contributed by atoms with Gasteiger partial charge < -0.3 is 9.64 Å². The minimum atomic E-state index is -3.08. The topological polar surface area (TPSA) is 78.9 Å². The molecule has 2 fully saturated rings. The molecule has 0 atom stereocenters. The van der Waals surface area contributed by atoms with Gasteiger partial charge in [-0.15, -0.1) is 0 Å². The number of benzene rings is 1. The van der Waals surface area contributed by atoms with Crippen LogP contribution in [0.2, 0.25) is 0 Å². The summed E-state index contributed by atoms with van der Waals surface area (Å²) in [5.74, 6) is 1.71. The van der Waals surface area contributed by atoms with Gasteiger partial charge in [-0.05, 0) is 29.7 Å². The predicted octanol–water partition coefficient (Wildman–Crippen LogP) is 2.16. The van der Waals surface area contributed by atoms with Gasteiger partial charge in [0.2, 0.25) is 16.0 Å². The summed E-state index contributed by atoms with van der Waals surface area (Å²) in [7, 11) is -3.08. The summed E-state index contributed by atoms with van der Waals surface area (Å²) in [5, 5.41) is 0. The zero-order valence-corrected chi connectivity index (χ0v) is 19.8. The molecule has 0 saturated carbocycles. The number of aromatic nitrogens is 2. The van der Waals surface area contributed by atoms with Crippen LogP contribution < -0.4 is 9.64 Å². The van der Waals surface area contributed by atoms with Crippen molar-refractivity contribution in [1.82, 2.24) is 19.2 Å². The minimum absolute atomic E-state index is 0.205. The van der Waals surface area contributed by atoms with E-state index in [2.05, 4.69) is 38.8 Å². The number of aryl methyl sites for hydroxylation is 1. The van der Waals surface area contributed by atoms with E-state index >= 15 is 0 Å². The molecule has 3 heterocycles. The Morgan fingerprint density at radius 3 is 2.12 bits per heavy atom. The molecule has 9 heteroatoms. The summed E-state index contributed by atoms with van der Waals surface area (Å²) < 4.78 is 31.1. The zero-order valence-electron chi connectivity index (χ0n) is 19.0. The van der Waals surface area contributed by atoms with E-state index in [4.69, 9.17) is 4.74 Å². The lowest BCUT2D eigenvalue weighted by Crippen LogP contribution is -2.47. The molecule has 1 aromatic carbocycles. The molecule has 2 aromatic rings. The SMILES string of the molecule is CCc1cnc(N2CCC(Oc3ccc(CN4CCN(S(C)(=O)=O)CC4)cc3)CC2)nc1. The van der Waals surface area contributed by atoms with Crippen LogP contribution in [0.25, 0.3) is 0 Å². The van der Waals surface area contributed by atoms with Gasteiger partial charge in [-0.25, -0.2) is 18.4 Å². The molecule has 0 amide bonds. The molecule has 2 aliphatic heterocycles. The molecule has 0 radical (unpaired) electrons. The average Bonchev–Trinajstić information content (AvgIpc) is 2.81. The molecule has 0 spiro atoms. The summed E-state index contributed by atoms with van der Waals surface area (Å²) in [4.78, 5) is 13.5. The number of ether oxygens (including phenoxy) is 1.